The second-order valence-corrected chi connectivity index (χ2v) is 8.92. The van der Waals surface area contributed by atoms with E-state index in [1.165, 1.54) is 0 Å². The van der Waals surface area contributed by atoms with Gasteiger partial charge >= 0.3 is 11.9 Å². The zero-order chi connectivity index (χ0) is 26.7. The van der Waals surface area contributed by atoms with Crippen LogP contribution in [0.25, 0.3) is 22.3 Å². The molecule has 4 aromatic carbocycles. The molecule has 0 fully saturated rings. The van der Waals surface area contributed by atoms with Crippen LogP contribution in [0.1, 0.15) is 46.4 Å². The second kappa shape index (κ2) is 13.1. The molecule has 0 aliphatic rings. The average Bonchev–Trinajstić information content (AvgIpc) is 2.95. The molecule has 4 aromatic rings. The summed E-state index contributed by atoms with van der Waals surface area (Å²) >= 11 is 0. The molecule has 4 rings (SSSR count). The minimum atomic E-state index is -0.928. The van der Waals surface area contributed by atoms with E-state index in [2.05, 4.69) is 0 Å². The Labute approximate surface area is 222 Å². The predicted molar refractivity (Wildman–Crippen MR) is 147 cm³/mol. The van der Waals surface area contributed by atoms with Crippen molar-refractivity contribution in [3.8, 4) is 33.8 Å². The SMILES string of the molecule is O=C(O)c1ccc(-c2ccc(OCCCCCCOc3ccc(-c4ccc(C(=O)O)cc4)cc3)cc2)cc1. The Hall–Kier alpha value is -4.58. The van der Waals surface area contributed by atoms with E-state index in [1.54, 1.807) is 24.3 Å². The molecule has 0 aliphatic heterocycles. The number of hydrogen-bond acceptors (Lipinski definition) is 4. The fourth-order valence-electron chi connectivity index (χ4n) is 4.04. The van der Waals surface area contributed by atoms with Gasteiger partial charge in [-0.2, -0.15) is 0 Å². The zero-order valence-corrected chi connectivity index (χ0v) is 21.0. The highest BCUT2D eigenvalue weighted by Crippen LogP contribution is 2.24. The number of carboxylic acids is 2. The molecule has 194 valence electrons. The Balaban J connectivity index is 1.10. The number of unbranched alkanes of at least 4 members (excludes halogenated alkanes) is 3. The molecule has 0 aliphatic carbocycles. The lowest BCUT2D eigenvalue weighted by Crippen LogP contribution is -2.00. The Bertz CT molecular complexity index is 1220. The van der Waals surface area contributed by atoms with Crippen LogP contribution in [0, 0.1) is 0 Å². The first-order valence-corrected chi connectivity index (χ1v) is 12.6. The van der Waals surface area contributed by atoms with Gasteiger partial charge in [-0.15, -0.1) is 0 Å². The van der Waals surface area contributed by atoms with Gasteiger partial charge in [0.15, 0.2) is 0 Å². The van der Waals surface area contributed by atoms with E-state index in [0.29, 0.717) is 13.2 Å². The molecular formula is C32H30O6. The quantitative estimate of drug-likeness (QED) is 0.182. The van der Waals surface area contributed by atoms with Crippen molar-refractivity contribution >= 4 is 11.9 Å². The minimum absolute atomic E-state index is 0.276. The maximum absolute atomic E-state index is 11.0. The van der Waals surface area contributed by atoms with E-state index in [-0.39, 0.29) is 11.1 Å². The summed E-state index contributed by atoms with van der Waals surface area (Å²) in [6.45, 7) is 1.31. The van der Waals surface area contributed by atoms with Crippen LogP contribution in [0.3, 0.4) is 0 Å². The third kappa shape index (κ3) is 7.46. The number of ether oxygens (including phenoxy) is 2. The van der Waals surface area contributed by atoms with Gasteiger partial charge in [0.2, 0.25) is 0 Å². The maximum Gasteiger partial charge on any atom is 0.335 e. The molecule has 0 atom stereocenters. The molecule has 0 spiro atoms. The lowest BCUT2D eigenvalue weighted by molar-refractivity contribution is 0.0686. The molecule has 0 aromatic heterocycles. The molecule has 0 unspecified atom stereocenters. The van der Waals surface area contributed by atoms with Crippen molar-refractivity contribution in [1.82, 2.24) is 0 Å². The van der Waals surface area contributed by atoms with E-state index in [4.69, 9.17) is 19.7 Å². The number of aromatic carboxylic acids is 2. The third-order valence-electron chi connectivity index (χ3n) is 6.22. The molecule has 0 saturated heterocycles. The lowest BCUT2D eigenvalue weighted by Gasteiger charge is -2.09. The van der Waals surface area contributed by atoms with Gasteiger partial charge in [-0.1, -0.05) is 48.5 Å². The highest BCUT2D eigenvalue weighted by atomic mass is 16.5. The van der Waals surface area contributed by atoms with Crippen molar-refractivity contribution in [1.29, 1.82) is 0 Å². The standard InChI is InChI=1S/C32H30O6/c33-31(34)27-9-5-23(6-10-27)25-13-17-29(18-14-25)37-21-3-1-2-4-22-38-30-19-15-26(16-20-30)24-7-11-28(12-8-24)32(35)36/h5-20H,1-4,21-22H2,(H,33,34)(H,35,36). The highest BCUT2D eigenvalue weighted by Gasteiger charge is 2.05. The van der Waals surface area contributed by atoms with Gasteiger partial charge in [-0.25, -0.2) is 9.59 Å². The van der Waals surface area contributed by atoms with Crippen LogP contribution in [0.4, 0.5) is 0 Å². The summed E-state index contributed by atoms with van der Waals surface area (Å²) in [6, 6.07) is 29.3. The van der Waals surface area contributed by atoms with Crippen LogP contribution in [0.5, 0.6) is 11.5 Å². The van der Waals surface area contributed by atoms with Gasteiger partial charge < -0.3 is 19.7 Å². The molecule has 0 amide bonds. The highest BCUT2D eigenvalue weighted by molar-refractivity contribution is 5.89. The van der Waals surface area contributed by atoms with E-state index in [1.807, 2.05) is 72.8 Å². The van der Waals surface area contributed by atoms with Crippen LogP contribution < -0.4 is 9.47 Å². The van der Waals surface area contributed by atoms with Crippen LogP contribution in [-0.4, -0.2) is 35.4 Å². The van der Waals surface area contributed by atoms with Crippen molar-refractivity contribution in [2.24, 2.45) is 0 Å². The summed E-state index contributed by atoms with van der Waals surface area (Å²) in [5, 5.41) is 18.0. The summed E-state index contributed by atoms with van der Waals surface area (Å²) in [7, 11) is 0. The number of hydrogen-bond donors (Lipinski definition) is 2. The predicted octanol–water partition coefficient (Wildman–Crippen LogP) is 7.44. The van der Waals surface area contributed by atoms with E-state index in [0.717, 1.165) is 59.4 Å². The summed E-state index contributed by atoms with van der Waals surface area (Å²) in [4.78, 5) is 22.0. The molecule has 6 nitrogen and oxygen atoms in total. The number of benzene rings is 4. The number of carboxylic acid groups (broad SMARTS) is 2. The average molecular weight is 511 g/mol. The molecule has 0 heterocycles. The summed E-state index contributed by atoms with van der Waals surface area (Å²) in [6.07, 6.45) is 4.05. The maximum atomic E-state index is 11.0. The summed E-state index contributed by atoms with van der Waals surface area (Å²) in [5.74, 6) is -0.216. The topological polar surface area (TPSA) is 93.1 Å². The van der Waals surface area contributed by atoms with Gasteiger partial charge in [0.1, 0.15) is 11.5 Å². The minimum Gasteiger partial charge on any atom is -0.494 e. The molecule has 6 heteroatoms. The third-order valence-corrected chi connectivity index (χ3v) is 6.22. The lowest BCUT2D eigenvalue weighted by atomic mass is 10.0. The van der Waals surface area contributed by atoms with Gasteiger partial charge in [0.05, 0.1) is 24.3 Å². The van der Waals surface area contributed by atoms with E-state index < -0.39 is 11.9 Å². The monoisotopic (exact) mass is 510 g/mol. The molecule has 0 radical (unpaired) electrons. The molecule has 2 N–H and O–H groups in total. The summed E-state index contributed by atoms with van der Waals surface area (Å²) < 4.78 is 11.7. The molecule has 0 bridgehead atoms. The van der Waals surface area contributed by atoms with Crippen LogP contribution in [0.2, 0.25) is 0 Å². The van der Waals surface area contributed by atoms with Crippen LogP contribution in [-0.2, 0) is 0 Å². The Morgan fingerprint density at radius 2 is 0.737 bits per heavy atom. The van der Waals surface area contributed by atoms with Gasteiger partial charge in [0.25, 0.3) is 0 Å². The first-order chi connectivity index (χ1) is 18.5. The van der Waals surface area contributed by atoms with Crippen molar-refractivity contribution in [3.05, 3.63) is 108 Å². The van der Waals surface area contributed by atoms with Crippen LogP contribution in [0.15, 0.2) is 97.1 Å². The Morgan fingerprint density at radius 1 is 0.447 bits per heavy atom. The molecular weight excluding hydrogens is 480 g/mol. The normalized spacial score (nSPS) is 10.6. The van der Waals surface area contributed by atoms with Gasteiger partial charge in [-0.05, 0) is 96.5 Å². The Kier molecular flexibility index (Phi) is 9.13. The van der Waals surface area contributed by atoms with Gasteiger partial charge in [-0.3, -0.25) is 0 Å². The van der Waals surface area contributed by atoms with Gasteiger partial charge in [0, 0.05) is 0 Å². The summed E-state index contributed by atoms with van der Waals surface area (Å²) in [5.41, 5.74) is 4.51. The fourth-order valence-corrected chi connectivity index (χ4v) is 4.04. The first-order valence-electron chi connectivity index (χ1n) is 12.6. The molecule has 38 heavy (non-hydrogen) atoms. The number of carbonyl (C=O) groups is 2. The smallest absolute Gasteiger partial charge is 0.335 e. The van der Waals surface area contributed by atoms with E-state index >= 15 is 0 Å². The number of rotatable bonds is 13. The van der Waals surface area contributed by atoms with Crippen molar-refractivity contribution in [2.45, 2.75) is 25.7 Å². The van der Waals surface area contributed by atoms with Crippen LogP contribution >= 0.6 is 0 Å². The fraction of sp³-hybridized carbons (Fsp3) is 0.188. The van der Waals surface area contributed by atoms with Crippen molar-refractivity contribution < 1.29 is 29.3 Å². The second-order valence-electron chi connectivity index (χ2n) is 8.92. The van der Waals surface area contributed by atoms with E-state index in [9.17, 15) is 9.59 Å². The van der Waals surface area contributed by atoms with Crippen molar-refractivity contribution in [3.63, 3.8) is 0 Å². The largest absolute Gasteiger partial charge is 0.494 e. The Morgan fingerprint density at radius 3 is 1.03 bits per heavy atom. The molecule has 0 saturated carbocycles. The van der Waals surface area contributed by atoms with Crippen molar-refractivity contribution in [2.75, 3.05) is 13.2 Å². The zero-order valence-electron chi connectivity index (χ0n) is 21.0. The first kappa shape index (κ1) is 26.5.